The first-order valence-corrected chi connectivity index (χ1v) is 6.92. The Bertz CT molecular complexity index is 898. The fourth-order valence-corrected chi connectivity index (χ4v) is 2.48. The Labute approximate surface area is 126 Å². The van der Waals surface area contributed by atoms with Crippen molar-refractivity contribution in [1.29, 1.82) is 0 Å². The van der Waals surface area contributed by atoms with Crippen LogP contribution < -0.4 is 4.74 Å². The lowest BCUT2D eigenvalue weighted by atomic mass is 9.99. The van der Waals surface area contributed by atoms with Crippen LogP contribution >= 0.6 is 0 Å². The summed E-state index contributed by atoms with van der Waals surface area (Å²) in [4.78, 5) is 0. The number of ether oxygens (including phenoxy) is 1. The summed E-state index contributed by atoms with van der Waals surface area (Å²) in [7, 11) is 0. The molecule has 0 saturated carbocycles. The summed E-state index contributed by atoms with van der Waals surface area (Å²) >= 11 is 0. The average Bonchev–Trinajstić information content (AvgIpc) is 3.24. The Kier molecular flexibility index (Phi) is 3.05. The lowest BCUT2D eigenvalue weighted by molar-refractivity contribution is 0.294. The van der Waals surface area contributed by atoms with Crippen molar-refractivity contribution in [3.63, 3.8) is 0 Å². The molecule has 2 heterocycles. The van der Waals surface area contributed by atoms with Gasteiger partial charge in [0.2, 0.25) is 5.88 Å². The molecule has 0 amide bonds. The van der Waals surface area contributed by atoms with Gasteiger partial charge in [-0.25, -0.2) is 0 Å². The summed E-state index contributed by atoms with van der Waals surface area (Å²) in [5.41, 5.74) is 4.96. The first-order chi connectivity index (χ1) is 10.9. The fraction of sp³-hybridized carbons (Fsp3) is 0.0625. The molecule has 0 atom stereocenters. The molecule has 0 bridgehead atoms. The SMILES string of the molecule is c1ccc(-c2cccc3[nH]nnc23)c(COc2cc[nH]n2)c1. The molecule has 0 aliphatic carbocycles. The number of aromatic amines is 2. The minimum absolute atomic E-state index is 0.440. The Morgan fingerprint density at radius 3 is 2.77 bits per heavy atom. The van der Waals surface area contributed by atoms with Crippen molar-refractivity contribution in [3.8, 4) is 17.0 Å². The van der Waals surface area contributed by atoms with Crippen LogP contribution in [0.2, 0.25) is 0 Å². The van der Waals surface area contributed by atoms with Crippen LogP contribution in [0.1, 0.15) is 5.56 Å². The minimum atomic E-state index is 0.440. The van der Waals surface area contributed by atoms with Gasteiger partial charge in [0.1, 0.15) is 12.1 Å². The molecule has 4 rings (SSSR count). The standard InChI is InChI=1S/C16H13N5O/c1-2-5-12(11(4-1)10-22-15-8-9-17-19-15)13-6-3-7-14-16(13)20-21-18-14/h1-9H,10H2,(H,17,19)(H,18,20,21). The maximum absolute atomic E-state index is 5.70. The predicted octanol–water partition coefficient (Wildman–Crippen LogP) is 2.93. The number of hydrogen-bond donors (Lipinski definition) is 2. The van der Waals surface area contributed by atoms with Gasteiger partial charge in [0, 0.05) is 17.8 Å². The molecular weight excluding hydrogens is 278 g/mol. The summed E-state index contributed by atoms with van der Waals surface area (Å²) in [5.74, 6) is 0.578. The summed E-state index contributed by atoms with van der Waals surface area (Å²) < 4.78 is 5.70. The summed E-state index contributed by atoms with van der Waals surface area (Å²) in [6.07, 6.45) is 1.73. The third-order valence-electron chi connectivity index (χ3n) is 3.51. The molecule has 2 aromatic heterocycles. The second-order valence-electron chi connectivity index (χ2n) is 4.87. The quantitative estimate of drug-likeness (QED) is 0.606. The maximum Gasteiger partial charge on any atom is 0.232 e. The van der Waals surface area contributed by atoms with Gasteiger partial charge in [-0.15, -0.1) is 10.2 Å². The third kappa shape index (κ3) is 2.20. The molecule has 0 aliphatic rings. The molecule has 2 aromatic carbocycles. The van der Waals surface area contributed by atoms with Crippen molar-refractivity contribution >= 4 is 11.0 Å². The molecule has 0 unspecified atom stereocenters. The van der Waals surface area contributed by atoms with Crippen LogP contribution in [0.3, 0.4) is 0 Å². The van der Waals surface area contributed by atoms with Crippen LogP contribution in [-0.2, 0) is 6.61 Å². The molecule has 108 valence electrons. The summed E-state index contributed by atoms with van der Waals surface area (Å²) in [6, 6.07) is 15.9. The van der Waals surface area contributed by atoms with E-state index in [-0.39, 0.29) is 0 Å². The highest BCUT2D eigenvalue weighted by Gasteiger charge is 2.11. The van der Waals surface area contributed by atoms with Crippen molar-refractivity contribution < 1.29 is 4.74 Å². The second-order valence-corrected chi connectivity index (χ2v) is 4.87. The molecule has 22 heavy (non-hydrogen) atoms. The molecule has 0 spiro atoms. The molecule has 6 nitrogen and oxygen atoms in total. The highest BCUT2D eigenvalue weighted by Crippen LogP contribution is 2.29. The Hall–Kier alpha value is -3.15. The normalized spacial score (nSPS) is 10.9. The molecule has 4 aromatic rings. The molecule has 6 heteroatoms. The Balaban J connectivity index is 1.74. The van der Waals surface area contributed by atoms with Gasteiger partial charge in [0.25, 0.3) is 0 Å². The molecule has 0 saturated heterocycles. The molecule has 2 N–H and O–H groups in total. The number of aromatic nitrogens is 5. The van der Waals surface area contributed by atoms with E-state index in [2.05, 4.69) is 31.7 Å². The van der Waals surface area contributed by atoms with Gasteiger partial charge in [-0.05, 0) is 17.2 Å². The zero-order valence-corrected chi connectivity index (χ0v) is 11.7. The molecule has 0 aliphatic heterocycles. The average molecular weight is 291 g/mol. The molecular formula is C16H13N5O. The maximum atomic E-state index is 5.70. The third-order valence-corrected chi connectivity index (χ3v) is 3.51. The zero-order valence-electron chi connectivity index (χ0n) is 11.7. The van der Waals surface area contributed by atoms with Gasteiger partial charge in [-0.3, -0.25) is 10.2 Å². The van der Waals surface area contributed by atoms with Crippen molar-refractivity contribution in [1.82, 2.24) is 25.6 Å². The lowest BCUT2D eigenvalue weighted by Crippen LogP contribution is -1.98. The van der Waals surface area contributed by atoms with Gasteiger partial charge < -0.3 is 4.74 Å². The largest absolute Gasteiger partial charge is 0.472 e. The van der Waals surface area contributed by atoms with Crippen molar-refractivity contribution in [3.05, 3.63) is 60.3 Å². The molecule has 0 radical (unpaired) electrons. The van der Waals surface area contributed by atoms with Gasteiger partial charge >= 0.3 is 0 Å². The number of fused-ring (bicyclic) bond motifs is 1. The highest BCUT2D eigenvalue weighted by atomic mass is 16.5. The van der Waals surface area contributed by atoms with Crippen LogP contribution in [0, 0.1) is 0 Å². The summed E-state index contributed by atoms with van der Waals surface area (Å²) in [6.45, 7) is 0.440. The number of rotatable bonds is 4. The first kappa shape index (κ1) is 12.6. The van der Waals surface area contributed by atoms with E-state index in [1.54, 1.807) is 12.3 Å². The second kappa shape index (κ2) is 5.33. The number of hydrogen-bond acceptors (Lipinski definition) is 4. The number of H-pyrrole nitrogens is 2. The van der Waals surface area contributed by atoms with Gasteiger partial charge in [0.15, 0.2) is 0 Å². The van der Waals surface area contributed by atoms with E-state index in [0.29, 0.717) is 12.5 Å². The lowest BCUT2D eigenvalue weighted by Gasteiger charge is -2.10. The van der Waals surface area contributed by atoms with Crippen LogP contribution in [0.25, 0.3) is 22.2 Å². The van der Waals surface area contributed by atoms with Gasteiger partial charge in [-0.2, -0.15) is 0 Å². The Morgan fingerprint density at radius 1 is 0.955 bits per heavy atom. The van der Waals surface area contributed by atoms with E-state index in [4.69, 9.17) is 4.74 Å². The number of nitrogens with one attached hydrogen (secondary N) is 2. The fourth-order valence-electron chi connectivity index (χ4n) is 2.48. The monoisotopic (exact) mass is 291 g/mol. The predicted molar refractivity (Wildman–Crippen MR) is 82.2 cm³/mol. The molecule has 0 fully saturated rings. The van der Waals surface area contributed by atoms with Gasteiger partial charge in [-0.1, -0.05) is 41.6 Å². The number of nitrogens with zero attached hydrogens (tertiary/aromatic N) is 3. The summed E-state index contributed by atoms with van der Waals surface area (Å²) in [5, 5.41) is 17.7. The van der Waals surface area contributed by atoms with E-state index in [0.717, 1.165) is 27.7 Å². The Morgan fingerprint density at radius 2 is 1.86 bits per heavy atom. The topological polar surface area (TPSA) is 79.5 Å². The number of benzene rings is 2. The van der Waals surface area contributed by atoms with Crippen molar-refractivity contribution in [2.45, 2.75) is 6.61 Å². The van der Waals surface area contributed by atoms with E-state index in [1.807, 2.05) is 36.4 Å². The van der Waals surface area contributed by atoms with E-state index in [9.17, 15) is 0 Å². The van der Waals surface area contributed by atoms with E-state index < -0.39 is 0 Å². The van der Waals surface area contributed by atoms with Crippen LogP contribution in [0.5, 0.6) is 5.88 Å². The van der Waals surface area contributed by atoms with Crippen molar-refractivity contribution in [2.24, 2.45) is 0 Å². The van der Waals surface area contributed by atoms with E-state index in [1.165, 1.54) is 0 Å². The highest BCUT2D eigenvalue weighted by molar-refractivity contribution is 5.92. The van der Waals surface area contributed by atoms with Crippen LogP contribution in [-0.4, -0.2) is 25.6 Å². The van der Waals surface area contributed by atoms with Gasteiger partial charge in [0.05, 0.1) is 5.52 Å². The first-order valence-electron chi connectivity index (χ1n) is 6.92. The minimum Gasteiger partial charge on any atom is -0.472 e. The van der Waals surface area contributed by atoms with E-state index >= 15 is 0 Å². The van der Waals surface area contributed by atoms with Crippen LogP contribution in [0.15, 0.2) is 54.7 Å². The zero-order chi connectivity index (χ0) is 14.8. The van der Waals surface area contributed by atoms with Crippen molar-refractivity contribution in [2.75, 3.05) is 0 Å². The smallest absolute Gasteiger partial charge is 0.232 e. The van der Waals surface area contributed by atoms with Crippen LogP contribution in [0.4, 0.5) is 0 Å².